The fourth-order valence-electron chi connectivity index (χ4n) is 2.56. The Morgan fingerprint density at radius 2 is 2.30 bits per heavy atom. The van der Waals surface area contributed by atoms with Crippen LogP contribution >= 0.6 is 11.5 Å². The van der Waals surface area contributed by atoms with Gasteiger partial charge in [-0.1, -0.05) is 9.64 Å². The quantitative estimate of drug-likeness (QED) is 0.857. The van der Waals surface area contributed by atoms with Gasteiger partial charge in [0.15, 0.2) is 5.82 Å². The van der Waals surface area contributed by atoms with Crippen LogP contribution in [0.5, 0.6) is 0 Å². The van der Waals surface area contributed by atoms with E-state index in [1.807, 2.05) is 0 Å². The fraction of sp³-hybridized carbons (Fsp3) is 0.583. The summed E-state index contributed by atoms with van der Waals surface area (Å²) in [6, 6.07) is -0.0825. The van der Waals surface area contributed by atoms with Crippen molar-refractivity contribution in [2.24, 2.45) is 0 Å². The summed E-state index contributed by atoms with van der Waals surface area (Å²) in [6.45, 7) is 0.717. The normalized spacial score (nSPS) is 22.4. The van der Waals surface area contributed by atoms with Crippen LogP contribution in [0.3, 0.4) is 0 Å². The third-order valence-electron chi connectivity index (χ3n) is 3.77. The molecule has 3 heterocycles. The average molecular weight is 291 g/mol. The zero-order valence-electron chi connectivity index (χ0n) is 10.7. The number of amides is 1. The van der Waals surface area contributed by atoms with Gasteiger partial charge in [-0.15, -0.1) is 5.10 Å². The van der Waals surface area contributed by atoms with Gasteiger partial charge in [0.05, 0.1) is 12.2 Å². The number of carbonyl (C=O) groups is 1. The molecule has 2 fully saturated rings. The molecule has 20 heavy (non-hydrogen) atoms. The second-order valence-corrected chi connectivity index (χ2v) is 5.99. The predicted octanol–water partition coefficient (Wildman–Crippen LogP) is 1.78. The Bertz CT molecular complexity index is 622. The van der Waals surface area contributed by atoms with Crippen molar-refractivity contribution in [2.75, 3.05) is 6.54 Å². The summed E-state index contributed by atoms with van der Waals surface area (Å²) in [5, 5.41) is 7.78. The first-order valence-corrected chi connectivity index (χ1v) is 7.52. The van der Waals surface area contributed by atoms with Crippen LogP contribution < -0.4 is 0 Å². The number of rotatable bonds is 3. The molecule has 1 atom stereocenters. The van der Waals surface area contributed by atoms with Gasteiger partial charge in [-0.25, -0.2) is 0 Å². The maximum absolute atomic E-state index is 12.4. The van der Waals surface area contributed by atoms with Crippen LogP contribution in [0.1, 0.15) is 59.0 Å². The van der Waals surface area contributed by atoms with Crippen molar-refractivity contribution >= 4 is 17.4 Å². The molecule has 8 heteroatoms. The standard InChI is InChI=1S/C12H13N5O2S/c18-12(9-6-13-16-20-9)17-5-1-2-8(17)10-14-11(19-15-10)7-3-4-7/h6-8H,1-5H2/t8-/m1/s1. The number of hydrogen-bond acceptors (Lipinski definition) is 7. The van der Waals surface area contributed by atoms with Crippen molar-refractivity contribution in [1.82, 2.24) is 24.6 Å². The van der Waals surface area contributed by atoms with Crippen LogP contribution in [-0.2, 0) is 0 Å². The summed E-state index contributed by atoms with van der Waals surface area (Å²) in [5.74, 6) is 1.75. The first-order chi connectivity index (χ1) is 9.83. The Morgan fingerprint density at radius 1 is 1.40 bits per heavy atom. The Labute approximate surface area is 119 Å². The molecule has 4 rings (SSSR count). The van der Waals surface area contributed by atoms with E-state index in [2.05, 4.69) is 19.7 Å². The van der Waals surface area contributed by atoms with Crippen molar-refractivity contribution in [3.05, 3.63) is 22.8 Å². The highest BCUT2D eigenvalue weighted by molar-refractivity contribution is 7.07. The van der Waals surface area contributed by atoms with Crippen molar-refractivity contribution < 1.29 is 9.32 Å². The average Bonchev–Trinajstić information content (AvgIpc) is 2.97. The molecular weight excluding hydrogens is 278 g/mol. The summed E-state index contributed by atoms with van der Waals surface area (Å²) < 4.78 is 9.04. The molecule has 7 nitrogen and oxygen atoms in total. The number of nitrogens with zero attached hydrogens (tertiary/aromatic N) is 5. The topological polar surface area (TPSA) is 85.0 Å². The van der Waals surface area contributed by atoms with E-state index in [1.165, 1.54) is 6.20 Å². The van der Waals surface area contributed by atoms with E-state index in [0.717, 1.165) is 43.1 Å². The van der Waals surface area contributed by atoms with E-state index < -0.39 is 0 Å². The minimum atomic E-state index is -0.0825. The van der Waals surface area contributed by atoms with E-state index in [0.29, 0.717) is 23.2 Å². The molecule has 1 saturated heterocycles. The molecule has 104 valence electrons. The maximum Gasteiger partial charge on any atom is 0.267 e. The van der Waals surface area contributed by atoms with Crippen LogP contribution in [0, 0.1) is 0 Å². The third-order valence-corrected chi connectivity index (χ3v) is 4.42. The zero-order chi connectivity index (χ0) is 13.5. The van der Waals surface area contributed by atoms with Crippen LogP contribution in [0.25, 0.3) is 0 Å². The smallest absolute Gasteiger partial charge is 0.267 e. The molecule has 0 radical (unpaired) electrons. The minimum Gasteiger partial charge on any atom is -0.339 e. The highest BCUT2D eigenvalue weighted by atomic mass is 32.1. The lowest BCUT2D eigenvalue weighted by Crippen LogP contribution is -2.30. The van der Waals surface area contributed by atoms with Gasteiger partial charge in [-0.05, 0) is 37.2 Å². The molecule has 0 unspecified atom stereocenters. The number of hydrogen-bond donors (Lipinski definition) is 0. The Hall–Kier alpha value is -1.83. The summed E-state index contributed by atoms with van der Waals surface area (Å²) in [7, 11) is 0. The van der Waals surface area contributed by atoms with Crippen LogP contribution in [0.2, 0.25) is 0 Å². The lowest BCUT2D eigenvalue weighted by molar-refractivity contribution is 0.0733. The largest absolute Gasteiger partial charge is 0.339 e. The predicted molar refractivity (Wildman–Crippen MR) is 69.2 cm³/mol. The Kier molecular flexibility index (Phi) is 2.76. The molecule has 0 spiro atoms. The summed E-state index contributed by atoms with van der Waals surface area (Å²) in [6.07, 6.45) is 5.59. The van der Waals surface area contributed by atoms with Gasteiger partial charge in [0, 0.05) is 12.5 Å². The highest BCUT2D eigenvalue weighted by Gasteiger charge is 2.36. The van der Waals surface area contributed by atoms with Crippen LogP contribution in [0.15, 0.2) is 10.7 Å². The highest BCUT2D eigenvalue weighted by Crippen LogP contribution is 2.40. The molecule has 2 aliphatic rings. The molecule has 1 amide bonds. The van der Waals surface area contributed by atoms with Gasteiger partial charge in [-0.2, -0.15) is 4.98 Å². The molecule has 2 aromatic rings. The van der Waals surface area contributed by atoms with Gasteiger partial charge in [0.2, 0.25) is 5.89 Å². The molecular formula is C12H13N5O2S. The zero-order valence-corrected chi connectivity index (χ0v) is 11.5. The minimum absolute atomic E-state index is 0.0414. The molecule has 1 saturated carbocycles. The van der Waals surface area contributed by atoms with E-state index >= 15 is 0 Å². The van der Waals surface area contributed by atoms with Crippen molar-refractivity contribution in [2.45, 2.75) is 37.6 Å². The molecule has 0 aromatic carbocycles. The molecule has 1 aliphatic heterocycles. The van der Waals surface area contributed by atoms with Gasteiger partial charge < -0.3 is 9.42 Å². The van der Waals surface area contributed by atoms with E-state index in [9.17, 15) is 4.79 Å². The lowest BCUT2D eigenvalue weighted by atomic mass is 10.2. The van der Waals surface area contributed by atoms with Crippen molar-refractivity contribution in [3.8, 4) is 0 Å². The molecule has 1 aliphatic carbocycles. The Morgan fingerprint density at radius 3 is 3.05 bits per heavy atom. The summed E-state index contributed by atoms with van der Waals surface area (Å²) in [4.78, 5) is 19.2. The fourth-order valence-corrected chi connectivity index (χ4v) is 3.03. The third kappa shape index (κ3) is 2.00. The first kappa shape index (κ1) is 12.0. The van der Waals surface area contributed by atoms with Gasteiger partial charge in [0.25, 0.3) is 5.91 Å². The Balaban J connectivity index is 1.58. The monoisotopic (exact) mass is 291 g/mol. The maximum atomic E-state index is 12.4. The van der Waals surface area contributed by atoms with E-state index in [1.54, 1.807) is 4.90 Å². The van der Waals surface area contributed by atoms with Crippen LogP contribution in [0.4, 0.5) is 0 Å². The summed E-state index contributed by atoms with van der Waals surface area (Å²) >= 11 is 1.12. The number of aromatic nitrogens is 4. The molecule has 0 bridgehead atoms. The van der Waals surface area contributed by atoms with E-state index in [-0.39, 0.29) is 11.9 Å². The van der Waals surface area contributed by atoms with Crippen LogP contribution in [-0.4, -0.2) is 37.1 Å². The van der Waals surface area contributed by atoms with Gasteiger partial charge in [0.1, 0.15) is 4.88 Å². The molecule has 0 N–H and O–H groups in total. The first-order valence-electron chi connectivity index (χ1n) is 6.75. The van der Waals surface area contributed by atoms with Crippen molar-refractivity contribution in [1.29, 1.82) is 0 Å². The lowest BCUT2D eigenvalue weighted by Gasteiger charge is -2.20. The molecule has 2 aromatic heterocycles. The second kappa shape index (κ2) is 4.62. The van der Waals surface area contributed by atoms with Crippen molar-refractivity contribution in [3.63, 3.8) is 0 Å². The van der Waals surface area contributed by atoms with E-state index in [4.69, 9.17) is 4.52 Å². The number of likely N-dealkylation sites (tertiary alicyclic amines) is 1. The number of carbonyl (C=O) groups excluding carboxylic acids is 1. The van der Waals surface area contributed by atoms with Gasteiger partial charge in [-0.3, -0.25) is 4.79 Å². The second-order valence-electron chi connectivity index (χ2n) is 5.20. The van der Waals surface area contributed by atoms with Gasteiger partial charge >= 0.3 is 0 Å². The SMILES string of the molecule is O=C(c1cnns1)N1CCC[C@@H]1c1noc(C2CC2)n1. The summed E-state index contributed by atoms with van der Waals surface area (Å²) in [5.41, 5.74) is 0.